The number of amides is 2. The number of nitrogens with zero attached hydrogens (tertiary/aromatic N) is 3. The molecule has 2 aromatic heterocycles. The number of esters is 1. The van der Waals surface area contributed by atoms with Crippen molar-refractivity contribution >= 4 is 45.9 Å². The lowest BCUT2D eigenvalue weighted by Gasteiger charge is -2.09. The number of aromatic nitrogens is 3. The molecule has 12 heteroatoms. The number of carbonyl (C=O) groups is 3. The Morgan fingerprint density at radius 2 is 1.97 bits per heavy atom. The van der Waals surface area contributed by atoms with Gasteiger partial charge in [-0.2, -0.15) is 0 Å². The third kappa shape index (κ3) is 5.89. The first kappa shape index (κ1) is 26.0. The van der Waals surface area contributed by atoms with Gasteiger partial charge in [-0.05, 0) is 43.7 Å². The van der Waals surface area contributed by atoms with E-state index in [0.717, 1.165) is 22.6 Å². The summed E-state index contributed by atoms with van der Waals surface area (Å²) in [7, 11) is 1.22. The maximum Gasteiger partial charge on any atom is 0.341 e. The Labute approximate surface area is 210 Å². The first-order valence-corrected chi connectivity index (χ1v) is 12.3. The number of thiophene rings is 1. The van der Waals surface area contributed by atoms with Crippen molar-refractivity contribution in [3.05, 3.63) is 52.9 Å². The summed E-state index contributed by atoms with van der Waals surface area (Å²) in [6.07, 6.45) is 1.72. The minimum Gasteiger partial charge on any atom is -0.494 e. The SMILES string of the molecule is C=CCn1c(SCC(=O)Nc2sc(C(N)=O)c(C)c2C(=O)OC)nnc1-c1ccc(OCC)cc1. The Morgan fingerprint density at radius 3 is 2.57 bits per heavy atom. The molecule has 0 bridgehead atoms. The zero-order chi connectivity index (χ0) is 25.5. The third-order valence-electron chi connectivity index (χ3n) is 4.80. The minimum atomic E-state index is -0.688. The fraction of sp³-hybridized carbons (Fsp3) is 0.261. The molecule has 3 rings (SSSR count). The highest BCUT2D eigenvalue weighted by Crippen LogP contribution is 2.34. The molecule has 0 spiro atoms. The molecule has 0 saturated heterocycles. The molecule has 184 valence electrons. The number of benzene rings is 1. The number of hydrogen-bond acceptors (Lipinski definition) is 9. The molecule has 10 nitrogen and oxygen atoms in total. The smallest absolute Gasteiger partial charge is 0.341 e. The number of hydrogen-bond donors (Lipinski definition) is 2. The second-order valence-corrected chi connectivity index (χ2v) is 9.08. The monoisotopic (exact) mass is 515 g/mol. The number of ether oxygens (including phenoxy) is 2. The second kappa shape index (κ2) is 11.7. The van der Waals surface area contributed by atoms with Gasteiger partial charge in [0.15, 0.2) is 11.0 Å². The normalized spacial score (nSPS) is 10.6. The fourth-order valence-electron chi connectivity index (χ4n) is 3.25. The van der Waals surface area contributed by atoms with E-state index in [1.807, 2.05) is 35.8 Å². The number of thioether (sulfide) groups is 1. The molecule has 2 heterocycles. The zero-order valence-electron chi connectivity index (χ0n) is 19.5. The van der Waals surface area contributed by atoms with Gasteiger partial charge >= 0.3 is 5.97 Å². The average Bonchev–Trinajstić information content (AvgIpc) is 3.38. The lowest BCUT2D eigenvalue weighted by Crippen LogP contribution is -2.16. The van der Waals surface area contributed by atoms with Crippen LogP contribution in [0.1, 0.15) is 32.5 Å². The van der Waals surface area contributed by atoms with Crippen molar-refractivity contribution in [3.63, 3.8) is 0 Å². The van der Waals surface area contributed by atoms with Crippen LogP contribution >= 0.6 is 23.1 Å². The molecule has 0 fully saturated rings. The van der Waals surface area contributed by atoms with Crippen LogP contribution in [0.4, 0.5) is 5.00 Å². The second-order valence-electron chi connectivity index (χ2n) is 7.12. The molecular formula is C23H25N5O5S2. The van der Waals surface area contributed by atoms with Gasteiger partial charge < -0.3 is 20.5 Å². The maximum atomic E-state index is 12.7. The van der Waals surface area contributed by atoms with E-state index in [0.29, 0.717) is 29.7 Å². The summed E-state index contributed by atoms with van der Waals surface area (Å²) >= 11 is 2.11. The Hall–Kier alpha value is -3.64. The first-order chi connectivity index (χ1) is 16.8. The number of nitrogens with one attached hydrogen (secondary N) is 1. The standard InChI is InChI=1S/C23H25N5O5S2/c1-5-11-28-20(14-7-9-15(10-8-14)33-6-2)26-27-23(28)34-12-16(29)25-21-17(22(31)32-4)13(3)18(35-21)19(24)30/h5,7-10H,1,6,11-12H2,2-4H3,(H2,24,30)(H,25,29). The van der Waals surface area contributed by atoms with Crippen LogP contribution in [0.3, 0.4) is 0 Å². The van der Waals surface area contributed by atoms with E-state index in [-0.39, 0.29) is 21.2 Å². The van der Waals surface area contributed by atoms with Crippen molar-refractivity contribution in [2.24, 2.45) is 5.73 Å². The molecule has 0 radical (unpaired) electrons. The number of methoxy groups -OCH3 is 1. The summed E-state index contributed by atoms with van der Waals surface area (Å²) in [5, 5.41) is 11.9. The molecule has 0 saturated carbocycles. The molecule has 35 heavy (non-hydrogen) atoms. The van der Waals surface area contributed by atoms with E-state index in [2.05, 4.69) is 22.1 Å². The molecule has 2 amide bonds. The number of primary amides is 1. The van der Waals surface area contributed by atoms with Crippen LogP contribution in [0.25, 0.3) is 11.4 Å². The highest BCUT2D eigenvalue weighted by Gasteiger charge is 2.25. The van der Waals surface area contributed by atoms with E-state index in [1.165, 1.54) is 18.9 Å². The third-order valence-corrected chi connectivity index (χ3v) is 6.99. The van der Waals surface area contributed by atoms with E-state index in [4.69, 9.17) is 15.2 Å². The summed E-state index contributed by atoms with van der Waals surface area (Å²) in [5.74, 6) is -0.377. The van der Waals surface area contributed by atoms with E-state index in [9.17, 15) is 14.4 Å². The number of rotatable bonds is 11. The first-order valence-electron chi connectivity index (χ1n) is 10.5. The van der Waals surface area contributed by atoms with Gasteiger partial charge in [0.25, 0.3) is 5.91 Å². The number of carbonyl (C=O) groups excluding carboxylic acids is 3. The van der Waals surface area contributed by atoms with Crippen molar-refractivity contribution in [2.75, 3.05) is 24.8 Å². The Morgan fingerprint density at radius 1 is 1.26 bits per heavy atom. The lowest BCUT2D eigenvalue weighted by atomic mass is 10.1. The average molecular weight is 516 g/mol. The Bertz CT molecular complexity index is 1250. The van der Waals surface area contributed by atoms with Crippen LogP contribution < -0.4 is 15.8 Å². The number of nitrogens with two attached hydrogens (primary N) is 1. The van der Waals surface area contributed by atoms with Gasteiger partial charge in [-0.3, -0.25) is 14.2 Å². The topological polar surface area (TPSA) is 138 Å². The molecule has 0 aliphatic rings. The lowest BCUT2D eigenvalue weighted by molar-refractivity contribution is -0.113. The fourth-order valence-corrected chi connectivity index (χ4v) is 5.06. The van der Waals surface area contributed by atoms with Crippen LogP contribution in [0.15, 0.2) is 42.1 Å². The van der Waals surface area contributed by atoms with Gasteiger partial charge in [-0.15, -0.1) is 28.1 Å². The van der Waals surface area contributed by atoms with Crippen LogP contribution in [0.2, 0.25) is 0 Å². The van der Waals surface area contributed by atoms with Crippen molar-refractivity contribution in [3.8, 4) is 17.1 Å². The quantitative estimate of drug-likeness (QED) is 0.225. The summed E-state index contributed by atoms with van der Waals surface area (Å²) in [5.41, 5.74) is 6.71. The molecule has 3 aromatic rings. The largest absolute Gasteiger partial charge is 0.494 e. The summed E-state index contributed by atoms with van der Waals surface area (Å²) in [6, 6.07) is 7.49. The zero-order valence-corrected chi connectivity index (χ0v) is 21.1. The Balaban J connectivity index is 1.77. The minimum absolute atomic E-state index is 0.0119. The number of anilines is 1. The van der Waals surface area contributed by atoms with Crippen LogP contribution in [0.5, 0.6) is 5.75 Å². The molecule has 3 N–H and O–H groups in total. The summed E-state index contributed by atoms with van der Waals surface area (Å²) in [4.78, 5) is 36.8. The van der Waals surface area contributed by atoms with Gasteiger partial charge in [0.1, 0.15) is 10.8 Å². The van der Waals surface area contributed by atoms with E-state index < -0.39 is 17.8 Å². The molecule has 0 unspecified atom stereocenters. The predicted molar refractivity (Wildman–Crippen MR) is 135 cm³/mol. The molecule has 1 aromatic carbocycles. The van der Waals surface area contributed by atoms with Gasteiger partial charge in [-0.1, -0.05) is 17.8 Å². The van der Waals surface area contributed by atoms with Crippen molar-refractivity contribution in [2.45, 2.75) is 25.5 Å². The van der Waals surface area contributed by atoms with E-state index in [1.54, 1.807) is 13.0 Å². The van der Waals surface area contributed by atoms with Crippen molar-refractivity contribution < 1.29 is 23.9 Å². The van der Waals surface area contributed by atoms with Crippen LogP contribution in [0, 0.1) is 6.92 Å². The molecular weight excluding hydrogens is 490 g/mol. The molecule has 0 atom stereocenters. The van der Waals surface area contributed by atoms with Crippen LogP contribution in [-0.2, 0) is 16.1 Å². The van der Waals surface area contributed by atoms with Crippen molar-refractivity contribution in [1.82, 2.24) is 14.8 Å². The van der Waals surface area contributed by atoms with Crippen molar-refractivity contribution in [1.29, 1.82) is 0 Å². The van der Waals surface area contributed by atoms with Gasteiger partial charge in [-0.25, -0.2) is 4.79 Å². The van der Waals surface area contributed by atoms with Gasteiger partial charge in [0.2, 0.25) is 5.91 Å². The highest BCUT2D eigenvalue weighted by atomic mass is 32.2. The van der Waals surface area contributed by atoms with E-state index >= 15 is 0 Å². The van der Waals surface area contributed by atoms with Crippen LogP contribution in [-0.4, -0.2) is 52.0 Å². The Kier molecular flexibility index (Phi) is 8.66. The summed E-state index contributed by atoms with van der Waals surface area (Å²) in [6.45, 7) is 8.31. The van der Waals surface area contributed by atoms with Gasteiger partial charge in [0.05, 0.1) is 29.9 Å². The maximum absolute atomic E-state index is 12.7. The predicted octanol–water partition coefficient (Wildman–Crippen LogP) is 3.52. The summed E-state index contributed by atoms with van der Waals surface area (Å²) < 4.78 is 12.1. The highest BCUT2D eigenvalue weighted by molar-refractivity contribution is 7.99. The van der Waals surface area contributed by atoms with Gasteiger partial charge in [0, 0.05) is 12.1 Å². The molecule has 0 aliphatic carbocycles. The number of allylic oxidation sites excluding steroid dienone is 1. The molecule has 0 aliphatic heterocycles.